The molecule has 36 heavy (non-hydrogen) atoms. The van der Waals surface area contributed by atoms with Gasteiger partial charge in [0, 0.05) is 21.5 Å². The van der Waals surface area contributed by atoms with Crippen LogP contribution in [0.2, 0.25) is 5.04 Å². The Morgan fingerprint density at radius 1 is 0.944 bits per heavy atom. The number of ether oxygens (including phenoxy) is 1. The Labute approximate surface area is 216 Å². The van der Waals surface area contributed by atoms with E-state index in [1.165, 1.54) is 10.4 Å². The predicted octanol–water partition coefficient (Wildman–Crippen LogP) is 4.96. The zero-order chi connectivity index (χ0) is 25.6. The van der Waals surface area contributed by atoms with Gasteiger partial charge in [0.2, 0.25) is 0 Å². The van der Waals surface area contributed by atoms with Crippen molar-refractivity contribution < 1.29 is 13.4 Å². The first-order valence-corrected chi connectivity index (χ1v) is 15.5. The van der Waals surface area contributed by atoms with Gasteiger partial charge in [0.25, 0.3) is 8.32 Å². The summed E-state index contributed by atoms with van der Waals surface area (Å²) in [5.41, 5.74) is 10.2. The largest absolute Gasteiger partial charge is 0.406 e. The van der Waals surface area contributed by atoms with Gasteiger partial charge in [-0.05, 0) is 26.5 Å². The molecule has 1 fully saturated rings. The van der Waals surface area contributed by atoms with E-state index in [1.807, 2.05) is 66.7 Å². The minimum atomic E-state index is -2.80. The van der Waals surface area contributed by atoms with Crippen LogP contribution >= 0.6 is 0 Å². The van der Waals surface area contributed by atoms with E-state index in [9.17, 15) is 4.21 Å². The third-order valence-corrected chi connectivity index (χ3v) is 13.5. The van der Waals surface area contributed by atoms with E-state index in [-0.39, 0.29) is 17.4 Å². The maximum atomic E-state index is 13.3. The van der Waals surface area contributed by atoms with Gasteiger partial charge in [0.15, 0.2) is 0 Å². The Balaban J connectivity index is 1.68. The Hall–Kier alpha value is -2.74. The van der Waals surface area contributed by atoms with E-state index in [0.29, 0.717) is 6.61 Å². The molecule has 0 N–H and O–H groups in total. The minimum Gasteiger partial charge on any atom is -0.406 e. The summed E-state index contributed by atoms with van der Waals surface area (Å²) in [5.74, 6) is 0.276. The summed E-state index contributed by atoms with van der Waals surface area (Å²) in [6.07, 6.45) is -0.486. The lowest BCUT2D eigenvalue weighted by molar-refractivity contribution is 0.0234. The average molecular weight is 520 g/mol. The number of benzene rings is 3. The van der Waals surface area contributed by atoms with Crippen LogP contribution in [0.25, 0.3) is 10.4 Å². The molecule has 3 aromatic rings. The lowest BCUT2D eigenvalue weighted by atomic mass is 10.1. The fraction of sp³-hybridized carbons (Fsp3) is 0.357. The van der Waals surface area contributed by atoms with Crippen molar-refractivity contribution in [3.05, 3.63) is 107 Å². The van der Waals surface area contributed by atoms with Crippen LogP contribution in [0, 0.1) is 0 Å². The van der Waals surface area contributed by atoms with Crippen molar-refractivity contribution in [2.24, 2.45) is 5.11 Å². The van der Waals surface area contributed by atoms with Gasteiger partial charge in [-0.25, -0.2) is 0 Å². The highest BCUT2D eigenvalue weighted by Gasteiger charge is 2.52. The molecule has 188 valence electrons. The van der Waals surface area contributed by atoms with Crippen molar-refractivity contribution in [2.45, 2.75) is 49.8 Å². The Morgan fingerprint density at radius 3 is 1.97 bits per heavy atom. The molecular formula is C28H33N3O3SSi. The zero-order valence-corrected chi connectivity index (χ0v) is 22.8. The first-order chi connectivity index (χ1) is 17.4. The average Bonchev–Trinajstić information content (AvgIpc) is 3.18. The molecule has 3 aromatic carbocycles. The van der Waals surface area contributed by atoms with Crippen molar-refractivity contribution in [1.82, 2.24) is 0 Å². The third kappa shape index (κ3) is 5.48. The zero-order valence-electron chi connectivity index (χ0n) is 21.0. The molecule has 0 amide bonds. The Kier molecular flexibility index (Phi) is 8.44. The molecular weight excluding hydrogens is 486 g/mol. The van der Waals surface area contributed by atoms with Crippen LogP contribution in [0.1, 0.15) is 26.3 Å². The van der Waals surface area contributed by atoms with Gasteiger partial charge in [-0.15, -0.1) is 0 Å². The molecule has 1 saturated heterocycles. The van der Waals surface area contributed by atoms with Crippen molar-refractivity contribution >= 4 is 29.5 Å². The van der Waals surface area contributed by atoms with E-state index in [0.717, 1.165) is 5.56 Å². The molecule has 6 nitrogen and oxygen atoms in total. The fourth-order valence-electron chi connectivity index (χ4n) is 5.07. The predicted molar refractivity (Wildman–Crippen MR) is 148 cm³/mol. The van der Waals surface area contributed by atoms with Gasteiger partial charge in [-0.2, -0.15) is 0 Å². The van der Waals surface area contributed by atoms with E-state index in [2.05, 4.69) is 55.1 Å². The molecule has 1 heterocycles. The van der Waals surface area contributed by atoms with E-state index >= 15 is 0 Å². The first-order valence-electron chi connectivity index (χ1n) is 12.2. The van der Waals surface area contributed by atoms with Gasteiger partial charge in [-0.1, -0.05) is 117 Å². The number of hydrogen-bond donors (Lipinski definition) is 0. The third-order valence-electron chi connectivity index (χ3n) is 6.78. The highest BCUT2D eigenvalue weighted by atomic mass is 32.2. The smallest absolute Gasteiger partial charge is 0.261 e. The van der Waals surface area contributed by atoms with Gasteiger partial charge in [0.05, 0.1) is 30.6 Å². The van der Waals surface area contributed by atoms with E-state index < -0.39 is 36.5 Å². The summed E-state index contributed by atoms with van der Waals surface area (Å²) in [6.45, 7) is 7.28. The standard InChI is InChI=1S/C28H33N3O3SSi/c1-28(2,3)36(23-15-9-5-10-16-23,24-17-11-6-12-18-24)34-20-26-27(25(30-31-29)21-35(26)32)33-19-22-13-7-4-8-14-22/h4-18,25-27H,19-21H2,1-3H3/t25-,26+,27-,35?/m0/s1. The second-order valence-corrected chi connectivity index (χ2v) is 16.1. The molecule has 0 saturated carbocycles. The number of rotatable bonds is 9. The summed E-state index contributed by atoms with van der Waals surface area (Å²) in [6, 6.07) is 30.1. The second-order valence-electron chi connectivity index (χ2n) is 10.1. The molecule has 1 unspecified atom stereocenters. The van der Waals surface area contributed by atoms with Crippen LogP contribution in [0.3, 0.4) is 0 Å². The van der Waals surface area contributed by atoms with Crippen LogP contribution in [0.4, 0.5) is 0 Å². The Morgan fingerprint density at radius 2 is 1.47 bits per heavy atom. The summed E-state index contributed by atoms with van der Waals surface area (Å²) < 4.78 is 26.6. The molecule has 1 aliphatic rings. The quantitative estimate of drug-likeness (QED) is 0.173. The highest BCUT2D eigenvalue weighted by Crippen LogP contribution is 2.37. The number of azide groups is 1. The van der Waals surface area contributed by atoms with Crippen LogP contribution < -0.4 is 10.4 Å². The van der Waals surface area contributed by atoms with Gasteiger partial charge >= 0.3 is 0 Å². The topological polar surface area (TPSA) is 84.3 Å². The van der Waals surface area contributed by atoms with Gasteiger partial charge < -0.3 is 9.16 Å². The fourth-order valence-corrected chi connectivity index (χ4v) is 11.4. The molecule has 0 radical (unpaired) electrons. The number of nitrogens with zero attached hydrogens (tertiary/aromatic N) is 3. The molecule has 0 bridgehead atoms. The Bertz CT molecular complexity index is 1160. The molecule has 4 atom stereocenters. The summed E-state index contributed by atoms with van der Waals surface area (Å²) in [7, 11) is -4.04. The maximum absolute atomic E-state index is 13.3. The summed E-state index contributed by atoms with van der Waals surface area (Å²) in [4.78, 5) is 3.01. The van der Waals surface area contributed by atoms with Crippen molar-refractivity contribution in [2.75, 3.05) is 12.4 Å². The summed E-state index contributed by atoms with van der Waals surface area (Å²) >= 11 is 0. The molecule has 1 aliphatic heterocycles. The van der Waals surface area contributed by atoms with Gasteiger partial charge in [0.1, 0.15) is 0 Å². The monoisotopic (exact) mass is 519 g/mol. The SMILES string of the molecule is CC(C)(C)[Si](OC[C@@H]1[C@@H](OCc2ccccc2)[C@@H](N=[N+]=[N-])CS1=O)(c1ccccc1)c1ccccc1. The molecule has 4 rings (SSSR count). The van der Waals surface area contributed by atoms with Crippen LogP contribution in [0.5, 0.6) is 0 Å². The number of hydrogen-bond acceptors (Lipinski definition) is 4. The second kappa shape index (κ2) is 11.5. The molecule has 0 aliphatic carbocycles. The van der Waals surface area contributed by atoms with Crippen LogP contribution in [-0.4, -0.2) is 42.3 Å². The van der Waals surface area contributed by atoms with E-state index in [4.69, 9.17) is 14.7 Å². The van der Waals surface area contributed by atoms with Crippen molar-refractivity contribution in [3.8, 4) is 0 Å². The lowest BCUT2D eigenvalue weighted by Gasteiger charge is -2.43. The first kappa shape index (κ1) is 26.3. The lowest BCUT2D eigenvalue weighted by Crippen LogP contribution is -2.67. The maximum Gasteiger partial charge on any atom is 0.261 e. The van der Waals surface area contributed by atoms with E-state index in [1.54, 1.807) is 0 Å². The van der Waals surface area contributed by atoms with Gasteiger partial charge in [-0.3, -0.25) is 4.21 Å². The van der Waals surface area contributed by atoms with Crippen LogP contribution in [0.15, 0.2) is 96.1 Å². The minimum absolute atomic E-state index is 0.194. The normalized spacial score (nSPS) is 22.2. The molecule has 0 aromatic heterocycles. The molecule has 0 spiro atoms. The van der Waals surface area contributed by atoms with Crippen molar-refractivity contribution in [1.29, 1.82) is 0 Å². The summed E-state index contributed by atoms with van der Waals surface area (Å²) in [5, 5.41) is 5.69. The van der Waals surface area contributed by atoms with Crippen molar-refractivity contribution in [3.63, 3.8) is 0 Å². The highest BCUT2D eigenvalue weighted by molar-refractivity contribution is 7.86. The molecule has 8 heteroatoms. The van der Waals surface area contributed by atoms with Crippen LogP contribution in [-0.2, 0) is 26.6 Å².